The molecule has 2 unspecified atom stereocenters. The summed E-state index contributed by atoms with van der Waals surface area (Å²) in [5.41, 5.74) is 1.35. The number of hydrogen-bond donors (Lipinski definition) is 1. The van der Waals surface area contributed by atoms with Gasteiger partial charge in [0.05, 0.1) is 12.6 Å². The molecule has 0 amide bonds. The molecule has 0 heterocycles. The summed E-state index contributed by atoms with van der Waals surface area (Å²) in [6.07, 6.45) is 7.22. The van der Waals surface area contributed by atoms with Crippen molar-refractivity contribution in [1.82, 2.24) is 0 Å². The topological polar surface area (TPSA) is 42.9 Å². The van der Waals surface area contributed by atoms with Gasteiger partial charge < -0.3 is 27.0 Å². The van der Waals surface area contributed by atoms with Crippen molar-refractivity contribution >= 4 is 5.97 Å². The van der Waals surface area contributed by atoms with Crippen LogP contribution >= 0.6 is 0 Å². The van der Waals surface area contributed by atoms with Gasteiger partial charge in [-0.15, -0.1) is 0 Å². The van der Waals surface area contributed by atoms with E-state index in [0.29, 0.717) is 25.0 Å². The number of benzene rings is 1. The Bertz CT molecular complexity index is 439. The molecule has 0 aliphatic heterocycles. The van der Waals surface area contributed by atoms with E-state index in [-0.39, 0.29) is 23.0 Å². The van der Waals surface area contributed by atoms with E-state index < -0.39 is 0 Å². The van der Waals surface area contributed by atoms with Crippen molar-refractivity contribution in [3.63, 3.8) is 0 Å². The van der Waals surface area contributed by atoms with Crippen LogP contribution in [0.5, 0.6) is 0 Å². The molecule has 144 valence electrons. The van der Waals surface area contributed by atoms with Gasteiger partial charge in [-0.25, -0.2) is 0 Å². The van der Waals surface area contributed by atoms with E-state index in [0.717, 1.165) is 25.8 Å². The number of quaternary nitrogens is 1. The van der Waals surface area contributed by atoms with Gasteiger partial charge in [-0.05, 0) is 32.1 Å². The molecule has 0 spiro atoms. The average Bonchev–Trinajstić information content (AvgIpc) is 2.61. The standard InChI is InChI=1S/C21H35NO2.BrH/c1-4-6-12-19(5-2)17-24-21(23)15-10-11-18(3)22-16-20-13-8-7-9-14-20;/h7-9,13-14,18-19,22H,4-6,10-12,15-17H2,1-3H3;1H. The summed E-state index contributed by atoms with van der Waals surface area (Å²) in [6, 6.07) is 11.0. The van der Waals surface area contributed by atoms with Crippen molar-refractivity contribution in [2.24, 2.45) is 5.92 Å². The molecule has 4 heteroatoms. The van der Waals surface area contributed by atoms with Crippen LogP contribution in [0, 0.1) is 5.92 Å². The summed E-state index contributed by atoms with van der Waals surface area (Å²) in [5, 5.41) is 2.35. The molecular formula is C21H36BrNO2. The van der Waals surface area contributed by atoms with Crippen LogP contribution in [0.3, 0.4) is 0 Å². The smallest absolute Gasteiger partial charge is 0.305 e. The summed E-state index contributed by atoms with van der Waals surface area (Å²) < 4.78 is 5.45. The molecule has 1 aromatic carbocycles. The Kier molecular flexibility index (Phi) is 14.9. The summed E-state index contributed by atoms with van der Waals surface area (Å²) in [6.45, 7) is 8.21. The Balaban J connectivity index is 0.00000576. The van der Waals surface area contributed by atoms with Gasteiger partial charge >= 0.3 is 5.97 Å². The van der Waals surface area contributed by atoms with Crippen LogP contribution in [0.25, 0.3) is 0 Å². The van der Waals surface area contributed by atoms with Crippen molar-refractivity contribution in [2.75, 3.05) is 6.61 Å². The van der Waals surface area contributed by atoms with Crippen LogP contribution in [0.4, 0.5) is 0 Å². The molecule has 0 saturated carbocycles. The van der Waals surface area contributed by atoms with E-state index in [1.807, 2.05) is 6.07 Å². The van der Waals surface area contributed by atoms with Crippen LogP contribution < -0.4 is 22.3 Å². The molecule has 0 aromatic heterocycles. The van der Waals surface area contributed by atoms with Crippen LogP contribution in [-0.4, -0.2) is 18.6 Å². The molecular weight excluding hydrogens is 378 g/mol. The zero-order valence-electron chi connectivity index (χ0n) is 16.2. The van der Waals surface area contributed by atoms with E-state index in [2.05, 4.69) is 50.4 Å². The molecule has 0 bridgehead atoms. The lowest BCUT2D eigenvalue weighted by atomic mass is 10.0. The number of hydrogen-bond acceptors (Lipinski definition) is 2. The molecule has 0 fully saturated rings. The van der Waals surface area contributed by atoms with Crippen molar-refractivity contribution in [3.8, 4) is 0 Å². The highest BCUT2D eigenvalue weighted by Crippen LogP contribution is 2.13. The minimum absolute atomic E-state index is 0. The Morgan fingerprint density at radius 3 is 2.48 bits per heavy atom. The third kappa shape index (κ3) is 12.2. The first-order valence-electron chi connectivity index (χ1n) is 9.68. The van der Waals surface area contributed by atoms with Crippen LogP contribution in [0.15, 0.2) is 30.3 Å². The van der Waals surface area contributed by atoms with E-state index in [1.54, 1.807) is 0 Å². The average molecular weight is 414 g/mol. The van der Waals surface area contributed by atoms with E-state index in [9.17, 15) is 4.79 Å². The predicted molar refractivity (Wildman–Crippen MR) is 99.6 cm³/mol. The number of halogens is 1. The monoisotopic (exact) mass is 413 g/mol. The molecule has 2 N–H and O–H groups in total. The fourth-order valence-electron chi connectivity index (χ4n) is 2.82. The third-order valence-electron chi connectivity index (χ3n) is 4.66. The molecule has 3 nitrogen and oxygen atoms in total. The summed E-state index contributed by atoms with van der Waals surface area (Å²) in [5.74, 6) is 0.507. The highest BCUT2D eigenvalue weighted by atomic mass is 79.9. The minimum Gasteiger partial charge on any atom is -1.00 e. The van der Waals surface area contributed by atoms with E-state index >= 15 is 0 Å². The van der Waals surface area contributed by atoms with Crippen molar-refractivity contribution in [2.45, 2.75) is 78.3 Å². The normalized spacial score (nSPS) is 12.9. The Hall–Kier alpha value is -0.870. The number of carbonyl (C=O) groups excluding carboxylic acids is 1. The number of carbonyl (C=O) groups is 1. The van der Waals surface area contributed by atoms with Crippen molar-refractivity contribution in [3.05, 3.63) is 35.9 Å². The lowest BCUT2D eigenvalue weighted by Crippen LogP contribution is -3.00. The molecule has 0 aliphatic carbocycles. The first-order chi connectivity index (χ1) is 11.7. The van der Waals surface area contributed by atoms with Gasteiger partial charge in [-0.1, -0.05) is 63.4 Å². The van der Waals surface area contributed by atoms with Gasteiger partial charge in [0.2, 0.25) is 0 Å². The van der Waals surface area contributed by atoms with Gasteiger partial charge in [-0.3, -0.25) is 4.79 Å². The van der Waals surface area contributed by atoms with E-state index in [4.69, 9.17) is 4.74 Å². The molecule has 2 atom stereocenters. The fraction of sp³-hybridized carbons (Fsp3) is 0.667. The fourth-order valence-corrected chi connectivity index (χ4v) is 2.82. The Labute approximate surface area is 164 Å². The largest absolute Gasteiger partial charge is 1.00 e. The second-order valence-electron chi connectivity index (χ2n) is 6.89. The first-order valence-corrected chi connectivity index (χ1v) is 9.68. The van der Waals surface area contributed by atoms with Gasteiger partial charge in [0.1, 0.15) is 6.54 Å². The van der Waals surface area contributed by atoms with Gasteiger partial charge in [0.15, 0.2) is 0 Å². The zero-order chi connectivity index (χ0) is 17.6. The Morgan fingerprint density at radius 1 is 1.12 bits per heavy atom. The third-order valence-corrected chi connectivity index (χ3v) is 4.66. The SMILES string of the molecule is CCCCC(CC)COC(=O)CCCC(C)[NH2+]Cc1ccccc1.[Br-]. The maximum Gasteiger partial charge on any atom is 0.305 e. The molecule has 0 saturated heterocycles. The minimum atomic E-state index is -0.0276. The Morgan fingerprint density at radius 2 is 1.84 bits per heavy atom. The van der Waals surface area contributed by atoms with E-state index in [1.165, 1.54) is 24.8 Å². The number of ether oxygens (including phenoxy) is 1. The maximum absolute atomic E-state index is 11.9. The zero-order valence-corrected chi connectivity index (χ0v) is 17.8. The second-order valence-corrected chi connectivity index (χ2v) is 6.89. The van der Waals surface area contributed by atoms with Crippen molar-refractivity contribution in [1.29, 1.82) is 0 Å². The highest BCUT2D eigenvalue weighted by Gasteiger charge is 2.11. The lowest BCUT2D eigenvalue weighted by Gasteiger charge is -2.15. The molecule has 0 aliphatic rings. The predicted octanol–water partition coefficient (Wildman–Crippen LogP) is 1.07. The molecule has 1 aromatic rings. The number of esters is 1. The van der Waals surface area contributed by atoms with Crippen LogP contribution in [-0.2, 0) is 16.1 Å². The van der Waals surface area contributed by atoms with Gasteiger partial charge in [0, 0.05) is 12.0 Å². The highest BCUT2D eigenvalue weighted by molar-refractivity contribution is 5.69. The summed E-state index contributed by atoms with van der Waals surface area (Å²) in [4.78, 5) is 11.9. The second kappa shape index (κ2) is 15.4. The van der Waals surface area contributed by atoms with Gasteiger partial charge in [0.25, 0.3) is 0 Å². The van der Waals surface area contributed by atoms with Crippen molar-refractivity contribution < 1.29 is 31.8 Å². The summed E-state index contributed by atoms with van der Waals surface area (Å²) >= 11 is 0. The first kappa shape index (κ1) is 24.1. The maximum atomic E-state index is 11.9. The van der Waals surface area contributed by atoms with Gasteiger partial charge in [-0.2, -0.15) is 0 Å². The number of rotatable bonds is 13. The quantitative estimate of drug-likeness (QED) is 0.491. The molecule has 1 rings (SSSR count). The van der Waals surface area contributed by atoms with Crippen LogP contribution in [0.2, 0.25) is 0 Å². The van der Waals surface area contributed by atoms with Crippen LogP contribution in [0.1, 0.15) is 71.3 Å². The lowest BCUT2D eigenvalue weighted by molar-refractivity contribution is -0.701. The molecule has 25 heavy (non-hydrogen) atoms. The molecule has 0 radical (unpaired) electrons. The summed E-state index contributed by atoms with van der Waals surface area (Å²) in [7, 11) is 0. The number of nitrogens with two attached hydrogens (primary N) is 1. The number of unbranched alkanes of at least 4 members (excludes halogenated alkanes) is 1.